The van der Waals surface area contributed by atoms with Crippen LogP contribution in [0, 0.1) is 0 Å². The second-order valence-electron chi connectivity index (χ2n) is 6.28. The largest absolute Gasteiger partial charge is 0.481 e. The Morgan fingerprint density at radius 1 is 0.571 bits per heavy atom. The fourth-order valence-corrected chi connectivity index (χ4v) is 2.11. The molecule has 28 heavy (non-hydrogen) atoms. The molecule has 0 amide bonds. The zero-order valence-electron chi connectivity index (χ0n) is 17.0. The molecule has 0 rings (SSSR count). The fourth-order valence-electron chi connectivity index (χ4n) is 2.11. The Bertz CT molecular complexity index is 477. The van der Waals surface area contributed by atoms with E-state index in [4.69, 9.17) is 15.3 Å². The molecule has 160 valence electrons. The first-order valence-corrected chi connectivity index (χ1v) is 10.0. The standard InChI is InChI=1S/C18H30O2.C4H6O4/c1-2-3-4-5-6-7-8-9-10-11-12-13-14-15-16-17-18(19)20;5-3(6)1-2-4(7)8/h3-4,6-7,9-10H,2,5,8,11-17H2,1H3,(H,19,20);1-2H2,(H,5,6)(H,7,8)/b4-3-,7-6-,10-9-;. The van der Waals surface area contributed by atoms with E-state index in [0.29, 0.717) is 6.42 Å². The van der Waals surface area contributed by atoms with Gasteiger partial charge < -0.3 is 15.3 Å². The number of allylic oxidation sites excluding steroid dienone is 6. The molecule has 0 aliphatic heterocycles. The lowest BCUT2D eigenvalue weighted by Gasteiger charge is -1.98. The molecule has 0 aromatic heterocycles. The second-order valence-corrected chi connectivity index (χ2v) is 6.28. The number of hydrogen-bond acceptors (Lipinski definition) is 3. The van der Waals surface area contributed by atoms with Gasteiger partial charge in [-0.3, -0.25) is 14.4 Å². The molecule has 0 saturated heterocycles. The van der Waals surface area contributed by atoms with Gasteiger partial charge in [0, 0.05) is 6.42 Å². The van der Waals surface area contributed by atoms with Crippen LogP contribution in [0.4, 0.5) is 0 Å². The molecule has 0 atom stereocenters. The van der Waals surface area contributed by atoms with E-state index in [1.54, 1.807) is 0 Å². The third kappa shape index (κ3) is 31.4. The number of carboxylic acids is 3. The van der Waals surface area contributed by atoms with Gasteiger partial charge in [-0.25, -0.2) is 0 Å². The van der Waals surface area contributed by atoms with E-state index in [9.17, 15) is 14.4 Å². The summed E-state index contributed by atoms with van der Waals surface area (Å²) < 4.78 is 0. The summed E-state index contributed by atoms with van der Waals surface area (Å²) in [6.45, 7) is 2.15. The highest BCUT2D eigenvalue weighted by Gasteiger charge is 2.00. The summed E-state index contributed by atoms with van der Waals surface area (Å²) in [5.74, 6) is -2.83. The van der Waals surface area contributed by atoms with Crippen molar-refractivity contribution in [2.45, 2.75) is 84.0 Å². The molecule has 6 nitrogen and oxygen atoms in total. The van der Waals surface area contributed by atoms with Crippen LogP contribution in [0.15, 0.2) is 36.5 Å². The molecule has 0 heterocycles. The first-order valence-electron chi connectivity index (χ1n) is 10.0. The number of rotatable bonds is 16. The highest BCUT2D eigenvalue weighted by atomic mass is 16.4. The SMILES string of the molecule is CC/C=C\C/C=C\C/C=C\CCCCCCCC(=O)O.O=C(O)CCC(=O)O. The molecule has 0 unspecified atom stereocenters. The zero-order valence-corrected chi connectivity index (χ0v) is 17.0. The van der Waals surface area contributed by atoms with Gasteiger partial charge in [0.05, 0.1) is 12.8 Å². The summed E-state index contributed by atoms with van der Waals surface area (Å²) in [6, 6.07) is 0. The molecule has 0 aromatic carbocycles. The number of carboxylic acid groups (broad SMARTS) is 3. The van der Waals surface area contributed by atoms with Gasteiger partial charge in [0.15, 0.2) is 0 Å². The average Bonchev–Trinajstić information content (AvgIpc) is 2.63. The van der Waals surface area contributed by atoms with Gasteiger partial charge in [-0.1, -0.05) is 62.6 Å². The minimum Gasteiger partial charge on any atom is -0.481 e. The lowest BCUT2D eigenvalue weighted by Crippen LogP contribution is -2.00. The Morgan fingerprint density at radius 2 is 1.00 bits per heavy atom. The van der Waals surface area contributed by atoms with Crippen LogP contribution in [-0.4, -0.2) is 33.2 Å². The molecule has 0 saturated carbocycles. The Kier molecular flexibility index (Phi) is 22.5. The number of aliphatic carboxylic acids is 3. The number of unbranched alkanes of at least 4 members (excludes halogenated alkanes) is 5. The van der Waals surface area contributed by atoms with Crippen LogP contribution in [0.25, 0.3) is 0 Å². The maximum Gasteiger partial charge on any atom is 0.303 e. The summed E-state index contributed by atoms with van der Waals surface area (Å²) >= 11 is 0. The van der Waals surface area contributed by atoms with Gasteiger partial charge in [-0.15, -0.1) is 0 Å². The van der Waals surface area contributed by atoms with Crippen molar-refractivity contribution in [3.8, 4) is 0 Å². The smallest absolute Gasteiger partial charge is 0.303 e. The van der Waals surface area contributed by atoms with Crippen LogP contribution < -0.4 is 0 Å². The highest BCUT2D eigenvalue weighted by Crippen LogP contribution is 2.07. The van der Waals surface area contributed by atoms with Crippen molar-refractivity contribution >= 4 is 17.9 Å². The van der Waals surface area contributed by atoms with Gasteiger partial charge in [0.2, 0.25) is 0 Å². The summed E-state index contributed by atoms with van der Waals surface area (Å²) in [4.78, 5) is 29.6. The first kappa shape index (κ1) is 27.8. The lowest BCUT2D eigenvalue weighted by molar-refractivity contribution is -0.143. The molecule has 0 bridgehead atoms. The van der Waals surface area contributed by atoms with Crippen molar-refractivity contribution in [1.82, 2.24) is 0 Å². The van der Waals surface area contributed by atoms with Gasteiger partial charge in [-0.05, 0) is 38.5 Å². The van der Waals surface area contributed by atoms with Crippen LogP contribution in [0.5, 0.6) is 0 Å². The summed E-state index contributed by atoms with van der Waals surface area (Å²) in [5.41, 5.74) is 0. The molecular formula is C22H36O6. The van der Waals surface area contributed by atoms with E-state index in [1.165, 1.54) is 12.8 Å². The third-order valence-corrected chi connectivity index (χ3v) is 3.59. The summed E-state index contributed by atoms with van der Waals surface area (Å²) in [5, 5.41) is 24.3. The summed E-state index contributed by atoms with van der Waals surface area (Å²) in [6.07, 6.45) is 22.8. The minimum atomic E-state index is -1.08. The minimum absolute atomic E-state index is 0.296. The Hall–Kier alpha value is -2.37. The van der Waals surface area contributed by atoms with Crippen molar-refractivity contribution in [3.63, 3.8) is 0 Å². The molecule has 6 heteroatoms. The third-order valence-electron chi connectivity index (χ3n) is 3.59. The van der Waals surface area contributed by atoms with Crippen molar-refractivity contribution in [1.29, 1.82) is 0 Å². The van der Waals surface area contributed by atoms with Gasteiger partial charge in [0.25, 0.3) is 0 Å². The highest BCUT2D eigenvalue weighted by molar-refractivity contribution is 5.75. The zero-order chi connectivity index (χ0) is 21.5. The van der Waals surface area contributed by atoms with Crippen molar-refractivity contribution < 1.29 is 29.7 Å². The monoisotopic (exact) mass is 396 g/mol. The van der Waals surface area contributed by atoms with E-state index in [2.05, 4.69) is 43.4 Å². The van der Waals surface area contributed by atoms with E-state index < -0.39 is 17.9 Å². The number of carbonyl (C=O) groups is 3. The predicted octanol–water partition coefficient (Wildman–Crippen LogP) is 5.60. The van der Waals surface area contributed by atoms with Crippen LogP contribution in [0.3, 0.4) is 0 Å². The normalized spacial score (nSPS) is 11.0. The quantitative estimate of drug-likeness (QED) is 0.231. The molecular weight excluding hydrogens is 360 g/mol. The first-order chi connectivity index (χ1) is 13.4. The van der Waals surface area contributed by atoms with E-state index in [0.717, 1.165) is 44.9 Å². The summed E-state index contributed by atoms with van der Waals surface area (Å²) in [7, 11) is 0. The molecule has 0 fully saturated rings. The van der Waals surface area contributed by atoms with Crippen molar-refractivity contribution in [2.75, 3.05) is 0 Å². The van der Waals surface area contributed by atoms with Gasteiger partial charge >= 0.3 is 17.9 Å². The van der Waals surface area contributed by atoms with Crippen molar-refractivity contribution in [3.05, 3.63) is 36.5 Å². The Morgan fingerprint density at radius 3 is 1.50 bits per heavy atom. The van der Waals surface area contributed by atoms with E-state index >= 15 is 0 Å². The van der Waals surface area contributed by atoms with Gasteiger partial charge in [-0.2, -0.15) is 0 Å². The van der Waals surface area contributed by atoms with Crippen LogP contribution in [0.2, 0.25) is 0 Å². The van der Waals surface area contributed by atoms with Crippen molar-refractivity contribution in [2.24, 2.45) is 0 Å². The topological polar surface area (TPSA) is 112 Å². The second kappa shape index (κ2) is 22.7. The lowest BCUT2D eigenvalue weighted by atomic mass is 10.1. The van der Waals surface area contributed by atoms with E-state index in [-0.39, 0.29) is 12.8 Å². The number of hydrogen-bond donors (Lipinski definition) is 3. The maximum atomic E-state index is 10.3. The van der Waals surface area contributed by atoms with Crippen LogP contribution >= 0.6 is 0 Å². The van der Waals surface area contributed by atoms with Crippen LogP contribution in [0.1, 0.15) is 84.0 Å². The molecule has 0 radical (unpaired) electrons. The average molecular weight is 397 g/mol. The molecule has 0 aliphatic carbocycles. The predicted molar refractivity (Wildman–Crippen MR) is 111 cm³/mol. The molecule has 3 N–H and O–H groups in total. The Balaban J connectivity index is 0. The molecule has 0 aliphatic rings. The fraction of sp³-hybridized carbons (Fsp3) is 0.591. The molecule has 0 spiro atoms. The van der Waals surface area contributed by atoms with Crippen LogP contribution in [-0.2, 0) is 14.4 Å². The molecule has 0 aromatic rings. The Labute approximate surface area is 168 Å². The maximum absolute atomic E-state index is 10.3. The van der Waals surface area contributed by atoms with Gasteiger partial charge in [0.1, 0.15) is 0 Å². The van der Waals surface area contributed by atoms with E-state index in [1.807, 2.05) is 0 Å².